The summed E-state index contributed by atoms with van der Waals surface area (Å²) in [5, 5.41) is 14.3. The molecule has 0 unspecified atom stereocenters. The molecule has 6 nitrogen and oxygen atoms in total. The highest BCUT2D eigenvalue weighted by molar-refractivity contribution is 5.60. The van der Waals surface area contributed by atoms with Gasteiger partial charge in [0, 0.05) is 36.3 Å². The number of nitro groups is 1. The molecule has 0 spiro atoms. The average molecular weight is 288 g/mol. The molecule has 0 bridgehead atoms. The molecule has 1 N–H and O–H groups in total. The second-order valence-electron chi connectivity index (χ2n) is 5.10. The van der Waals surface area contributed by atoms with Gasteiger partial charge >= 0.3 is 0 Å². The number of hydrogen-bond acceptors (Lipinski definition) is 4. The summed E-state index contributed by atoms with van der Waals surface area (Å²) in [6, 6.07) is 3.43. The number of anilines is 1. The minimum atomic E-state index is -0.349. The van der Waals surface area contributed by atoms with Crippen LogP contribution in [-0.2, 0) is 13.1 Å². The summed E-state index contributed by atoms with van der Waals surface area (Å²) in [7, 11) is 0. The van der Waals surface area contributed by atoms with Gasteiger partial charge in [-0.05, 0) is 31.9 Å². The van der Waals surface area contributed by atoms with E-state index < -0.39 is 0 Å². The maximum atomic E-state index is 11.0. The molecule has 0 fully saturated rings. The van der Waals surface area contributed by atoms with Crippen molar-refractivity contribution in [2.75, 3.05) is 5.32 Å². The van der Waals surface area contributed by atoms with Crippen LogP contribution in [0.5, 0.6) is 0 Å². The molecule has 0 aliphatic carbocycles. The van der Waals surface area contributed by atoms with Crippen molar-refractivity contribution in [2.24, 2.45) is 0 Å². The molecule has 0 amide bonds. The Balaban J connectivity index is 2.18. The van der Waals surface area contributed by atoms with E-state index in [1.54, 1.807) is 19.2 Å². The Hall–Kier alpha value is -2.37. The number of nitrogens with zero attached hydrogens (tertiary/aromatic N) is 3. The number of benzene rings is 1. The van der Waals surface area contributed by atoms with Gasteiger partial charge in [0.1, 0.15) is 5.82 Å². The van der Waals surface area contributed by atoms with Crippen LogP contribution in [0.4, 0.5) is 11.4 Å². The predicted octanol–water partition coefficient (Wildman–Crippen LogP) is 3.43. The molecule has 0 saturated heterocycles. The fourth-order valence-corrected chi connectivity index (χ4v) is 2.35. The summed E-state index contributed by atoms with van der Waals surface area (Å²) in [4.78, 5) is 15.0. The first-order chi connectivity index (χ1) is 10.0. The smallest absolute Gasteiger partial charge is 0.274 e. The zero-order valence-electron chi connectivity index (χ0n) is 12.6. The van der Waals surface area contributed by atoms with Gasteiger partial charge in [-0.2, -0.15) is 0 Å². The Kier molecular flexibility index (Phi) is 4.57. The lowest BCUT2D eigenvalue weighted by Crippen LogP contribution is -2.09. The number of aryl methyl sites for hydroxylation is 3. The van der Waals surface area contributed by atoms with E-state index in [1.807, 2.05) is 19.2 Å². The molecule has 6 heteroatoms. The van der Waals surface area contributed by atoms with E-state index in [1.165, 1.54) is 0 Å². The van der Waals surface area contributed by atoms with E-state index in [0.717, 1.165) is 30.0 Å². The average Bonchev–Trinajstić information content (AvgIpc) is 2.85. The van der Waals surface area contributed by atoms with Crippen LogP contribution in [0.25, 0.3) is 0 Å². The summed E-state index contributed by atoms with van der Waals surface area (Å²) in [5.41, 5.74) is 2.58. The van der Waals surface area contributed by atoms with E-state index in [0.29, 0.717) is 12.1 Å². The molecule has 2 aromatic rings. The Bertz CT molecular complexity index is 649. The van der Waals surface area contributed by atoms with Crippen molar-refractivity contribution in [1.82, 2.24) is 9.55 Å². The van der Waals surface area contributed by atoms with E-state index in [9.17, 15) is 10.1 Å². The third kappa shape index (κ3) is 3.39. The quantitative estimate of drug-likeness (QED) is 0.653. The fraction of sp³-hybridized carbons (Fsp3) is 0.400. The molecule has 1 aromatic carbocycles. The van der Waals surface area contributed by atoms with Crippen LogP contribution in [0.2, 0.25) is 0 Å². The second kappa shape index (κ2) is 6.39. The van der Waals surface area contributed by atoms with Crippen molar-refractivity contribution in [3.8, 4) is 0 Å². The van der Waals surface area contributed by atoms with Crippen LogP contribution in [0.1, 0.15) is 30.3 Å². The third-order valence-electron chi connectivity index (χ3n) is 3.44. The number of aromatic nitrogens is 2. The molecule has 0 radical (unpaired) electrons. The molecule has 0 atom stereocenters. The highest BCUT2D eigenvalue weighted by Crippen LogP contribution is 2.26. The molecule has 0 aliphatic heterocycles. The van der Waals surface area contributed by atoms with Crippen molar-refractivity contribution in [1.29, 1.82) is 0 Å². The molecular weight excluding hydrogens is 268 g/mol. The van der Waals surface area contributed by atoms with Gasteiger partial charge in [0.2, 0.25) is 0 Å². The maximum Gasteiger partial charge on any atom is 0.274 e. The van der Waals surface area contributed by atoms with Gasteiger partial charge in [0.15, 0.2) is 0 Å². The summed E-state index contributed by atoms with van der Waals surface area (Å²) >= 11 is 0. The number of nitrogens with one attached hydrogen (secondary N) is 1. The van der Waals surface area contributed by atoms with Gasteiger partial charge in [0.25, 0.3) is 5.69 Å². The first-order valence-electron chi connectivity index (χ1n) is 7.02. The van der Waals surface area contributed by atoms with Crippen LogP contribution in [0.15, 0.2) is 24.5 Å². The number of imidazole rings is 1. The minimum absolute atomic E-state index is 0.139. The topological polar surface area (TPSA) is 73.0 Å². The molecule has 21 heavy (non-hydrogen) atoms. The SMILES string of the molecule is CCCn1ccnc1CNc1cc([N+](=O)[O-])c(C)cc1C. The summed E-state index contributed by atoms with van der Waals surface area (Å²) < 4.78 is 2.09. The summed E-state index contributed by atoms with van der Waals surface area (Å²) in [5.74, 6) is 0.930. The van der Waals surface area contributed by atoms with Gasteiger partial charge in [-0.3, -0.25) is 10.1 Å². The van der Waals surface area contributed by atoms with Crippen LogP contribution in [-0.4, -0.2) is 14.5 Å². The van der Waals surface area contributed by atoms with Crippen molar-refractivity contribution >= 4 is 11.4 Å². The van der Waals surface area contributed by atoms with Gasteiger partial charge < -0.3 is 9.88 Å². The lowest BCUT2D eigenvalue weighted by Gasteiger charge is -2.12. The zero-order valence-corrected chi connectivity index (χ0v) is 12.6. The first-order valence-corrected chi connectivity index (χ1v) is 7.02. The highest BCUT2D eigenvalue weighted by atomic mass is 16.6. The lowest BCUT2D eigenvalue weighted by molar-refractivity contribution is -0.385. The number of hydrogen-bond donors (Lipinski definition) is 1. The highest BCUT2D eigenvalue weighted by Gasteiger charge is 2.13. The Morgan fingerprint density at radius 3 is 2.76 bits per heavy atom. The van der Waals surface area contributed by atoms with Gasteiger partial charge in [-0.25, -0.2) is 4.98 Å². The van der Waals surface area contributed by atoms with E-state index >= 15 is 0 Å². The summed E-state index contributed by atoms with van der Waals surface area (Å²) in [6.45, 7) is 7.28. The molecular formula is C15H20N4O2. The largest absolute Gasteiger partial charge is 0.377 e. The van der Waals surface area contributed by atoms with Crippen LogP contribution >= 0.6 is 0 Å². The Morgan fingerprint density at radius 2 is 2.10 bits per heavy atom. The Labute approximate surface area is 124 Å². The van der Waals surface area contributed by atoms with Gasteiger partial charge in [-0.15, -0.1) is 0 Å². The van der Waals surface area contributed by atoms with Crippen molar-refractivity contribution in [3.63, 3.8) is 0 Å². The normalized spacial score (nSPS) is 10.6. The van der Waals surface area contributed by atoms with Crippen molar-refractivity contribution in [2.45, 2.75) is 40.3 Å². The monoisotopic (exact) mass is 288 g/mol. The lowest BCUT2D eigenvalue weighted by atomic mass is 10.1. The van der Waals surface area contributed by atoms with Gasteiger partial charge in [-0.1, -0.05) is 6.92 Å². The fourth-order valence-electron chi connectivity index (χ4n) is 2.35. The second-order valence-corrected chi connectivity index (χ2v) is 5.10. The van der Waals surface area contributed by atoms with Crippen LogP contribution in [0, 0.1) is 24.0 Å². The van der Waals surface area contributed by atoms with E-state index in [4.69, 9.17) is 0 Å². The maximum absolute atomic E-state index is 11.0. The van der Waals surface area contributed by atoms with Crippen LogP contribution < -0.4 is 5.32 Å². The van der Waals surface area contributed by atoms with E-state index in [-0.39, 0.29) is 10.6 Å². The third-order valence-corrected chi connectivity index (χ3v) is 3.44. The molecule has 0 saturated carbocycles. The molecule has 1 aromatic heterocycles. The number of rotatable bonds is 6. The molecule has 0 aliphatic rings. The Morgan fingerprint density at radius 1 is 1.33 bits per heavy atom. The van der Waals surface area contributed by atoms with Crippen LogP contribution in [0.3, 0.4) is 0 Å². The molecule has 1 heterocycles. The number of nitro benzene ring substituents is 1. The van der Waals surface area contributed by atoms with Crippen molar-refractivity contribution in [3.05, 3.63) is 51.6 Å². The zero-order chi connectivity index (χ0) is 15.4. The van der Waals surface area contributed by atoms with E-state index in [2.05, 4.69) is 21.8 Å². The van der Waals surface area contributed by atoms with Gasteiger partial charge in [0.05, 0.1) is 11.5 Å². The summed E-state index contributed by atoms with van der Waals surface area (Å²) in [6.07, 6.45) is 4.76. The standard InChI is InChI=1S/C15H20N4O2/c1-4-6-18-7-5-16-15(18)10-17-13-9-14(19(20)21)12(3)8-11(13)2/h5,7-9,17H,4,6,10H2,1-3H3. The predicted molar refractivity (Wildman–Crippen MR) is 82.4 cm³/mol. The molecule has 2 rings (SSSR count). The van der Waals surface area contributed by atoms with Crippen molar-refractivity contribution < 1.29 is 4.92 Å². The molecule has 112 valence electrons. The first kappa shape index (κ1) is 15.0. The minimum Gasteiger partial charge on any atom is -0.377 e.